The number of hydrogen-bond donors (Lipinski definition) is 1. The van der Waals surface area contributed by atoms with Gasteiger partial charge in [-0.1, -0.05) is 0 Å². The normalized spacial score (nSPS) is 10.8. The Labute approximate surface area is 131 Å². The van der Waals surface area contributed by atoms with Crippen LogP contribution in [0.1, 0.15) is 17.0 Å². The third-order valence-electron chi connectivity index (χ3n) is 3.44. The highest BCUT2D eigenvalue weighted by molar-refractivity contribution is 5.40. The van der Waals surface area contributed by atoms with Gasteiger partial charge in [-0.05, 0) is 44.3 Å². The van der Waals surface area contributed by atoms with Crippen LogP contribution in [0.3, 0.4) is 0 Å². The minimum Gasteiger partial charge on any atom is -0.506 e. The van der Waals surface area contributed by atoms with E-state index in [1.165, 1.54) is 0 Å². The Hall–Kier alpha value is -2.27. The summed E-state index contributed by atoms with van der Waals surface area (Å²) in [5.41, 5.74) is 2.58. The van der Waals surface area contributed by atoms with Crippen molar-refractivity contribution in [2.75, 3.05) is 21.3 Å². The predicted octanol–water partition coefficient (Wildman–Crippen LogP) is 2.74. The fourth-order valence-electron chi connectivity index (χ4n) is 2.33. The van der Waals surface area contributed by atoms with Crippen LogP contribution in [0.5, 0.6) is 17.2 Å². The second kappa shape index (κ2) is 7.13. The lowest BCUT2D eigenvalue weighted by molar-refractivity contribution is 0.299. The molecule has 22 heavy (non-hydrogen) atoms. The summed E-state index contributed by atoms with van der Waals surface area (Å²) < 4.78 is 10.7. The van der Waals surface area contributed by atoms with Crippen molar-refractivity contribution in [3.63, 3.8) is 0 Å². The Bertz CT molecular complexity index is 644. The summed E-state index contributed by atoms with van der Waals surface area (Å²) in [6, 6.07) is 9.20. The van der Waals surface area contributed by atoms with Gasteiger partial charge in [-0.25, -0.2) is 0 Å². The van der Waals surface area contributed by atoms with Crippen LogP contribution >= 0.6 is 0 Å². The van der Waals surface area contributed by atoms with Gasteiger partial charge in [0.05, 0.1) is 19.9 Å². The molecule has 5 heteroatoms. The molecule has 0 aliphatic carbocycles. The number of aromatic hydroxyl groups is 1. The molecule has 1 heterocycles. The van der Waals surface area contributed by atoms with Gasteiger partial charge in [0.2, 0.25) is 0 Å². The Morgan fingerprint density at radius 2 is 1.86 bits per heavy atom. The second-order valence-corrected chi connectivity index (χ2v) is 5.27. The molecule has 0 spiro atoms. The zero-order chi connectivity index (χ0) is 16.1. The van der Waals surface area contributed by atoms with Crippen molar-refractivity contribution < 1.29 is 14.6 Å². The SMILES string of the molecule is COc1ccc(OC)c(CN(C)Cc2nc(C)ccc2O)c1. The van der Waals surface area contributed by atoms with E-state index in [-0.39, 0.29) is 5.75 Å². The van der Waals surface area contributed by atoms with E-state index in [1.54, 1.807) is 26.4 Å². The lowest BCUT2D eigenvalue weighted by Gasteiger charge is -2.19. The molecule has 5 nitrogen and oxygen atoms in total. The molecule has 0 amide bonds. The summed E-state index contributed by atoms with van der Waals surface area (Å²) >= 11 is 0. The molecule has 0 saturated heterocycles. The van der Waals surface area contributed by atoms with Gasteiger partial charge >= 0.3 is 0 Å². The van der Waals surface area contributed by atoms with Crippen LogP contribution in [0.15, 0.2) is 30.3 Å². The highest BCUT2D eigenvalue weighted by Gasteiger charge is 2.11. The summed E-state index contributed by atoms with van der Waals surface area (Å²) in [4.78, 5) is 6.45. The van der Waals surface area contributed by atoms with Crippen LogP contribution < -0.4 is 9.47 Å². The van der Waals surface area contributed by atoms with E-state index in [0.29, 0.717) is 18.8 Å². The third kappa shape index (κ3) is 3.89. The molecule has 2 rings (SSSR count). The minimum absolute atomic E-state index is 0.218. The summed E-state index contributed by atoms with van der Waals surface area (Å²) in [5.74, 6) is 1.82. The molecular formula is C17H22N2O3. The van der Waals surface area contributed by atoms with Gasteiger partial charge in [-0.15, -0.1) is 0 Å². The van der Waals surface area contributed by atoms with Gasteiger partial charge in [0.25, 0.3) is 0 Å². The highest BCUT2D eigenvalue weighted by Crippen LogP contribution is 2.26. The minimum atomic E-state index is 0.218. The van der Waals surface area contributed by atoms with Crippen LogP contribution in [-0.2, 0) is 13.1 Å². The average molecular weight is 302 g/mol. The van der Waals surface area contributed by atoms with Gasteiger partial charge in [0.15, 0.2) is 0 Å². The molecule has 1 N–H and O–H groups in total. The second-order valence-electron chi connectivity index (χ2n) is 5.27. The fourth-order valence-corrected chi connectivity index (χ4v) is 2.33. The van der Waals surface area contributed by atoms with Gasteiger partial charge < -0.3 is 14.6 Å². The lowest BCUT2D eigenvalue weighted by atomic mass is 10.1. The third-order valence-corrected chi connectivity index (χ3v) is 3.44. The monoisotopic (exact) mass is 302 g/mol. The van der Waals surface area contributed by atoms with Crippen LogP contribution in [-0.4, -0.2) is 36.3 Å². The Balaban J connectivity index is 2.14. The molecule has 0 unspecified atom stereocenters. The number of methoxy groups -OCH3 is 2. The highest BCUT2D eigenvalue weighted by atomic mass is 16.5. The van der Waals surface area contributed by atoms with E-state index in [1.807, 2.05) is 32.2 Å². The van der Waals surface area contributed by atoms with Crippen LogP contribution in [0.25, 0.3) is 0 Å². The Morgan fingerprint density at radius 1 is 1.09 bits per heavy atom. The molecule has 0 aliphatic rings. The molecule has 0 aliphatic heterocycles. The van der Waals surface area contributed by atoms with Crippen LogP contribution in [0.4, 0.5) is 0 Å². The first-order valence-electron chi connectivity index (χ1n) is 7.08. The molecule has 0 bridgehead atoms. The molecule has 1 aromatic heterocycles. The number of ether oxygens (including phenoxy) is 2. The number of aromatic nitrogens is 1. The summed E-state index contributed by atoms with van der Waals surface area (Å²) in [6.45, 7) is 3.12. The van der Waals surface area contributed by atoms with Crippen molar-refractivity contribution in [3.05, 3.63) is 47.3 Å². The van der Waals surface area contributed by atoms with Crippen LogP contribution in [0.2, 0.25) is 0 Å². The number of benzene rings is 1. The van der Waals surface area contributed by atoms with Crippen molar-refractivity contribution >= 4 is 0 Å². The number of hydrogen-bond acceptors (Lipinski definition) is 5. The summed E-state index contributed by atoms with van der Waals surface area (Å²) in [7, 11) is 5.27. The maximum absolute atomic E-state index is 9.90. The number of pyridine rings is 1. The van der Waals surface area contributed by atoms with Crippen molar-refractivity contribution in [1.29, 1.82) is 0 Å². The Morgan fingerprint density at radius 3 is 2.55 bits per heavy atom. The molecule has 0 fully saturated rings. The number of nitrogens with zero attached hydrogens (tertiary/aromatic N) is 2. The van der Waals surface area contributed by atoms with E-state index >= 15 is 0 Å². The fraction of sp³-hybridized carbons (Fsp3) is 0.353. The summed E-state index contributed by atoms with van der Waals surface area (Å²) in [6.07, 6.45) is 0. The topological polar surface area (TPSA) is 54.8 Å². The standard InChI is InChI=1S/C17H22N2O3/c1-12-5-7-16(20)15(18-12)11-19(2)10-13-9-14(21-3)6-8-17(13)22-4/h5-9,20H,10-11H2,1-4H3. The van der Waals surface area contributed by atoms with Gasteiger partial charge in [0, 0.05) is 24.3 Å². The number of aryl methyl sites for hydroxylation is 1. The molecule has 0 radical (unpaired) electrons. The van der Waals surface area contributed by atoms with Crippen molar-refractivity contribution in [1.82, 2.24) is 9.88 Å². The zero-order valence-corrected chi connectivity index (χ0v) is 13.5. The van der Waals surface area contributed by atoms with Gasteiger partial charge in [-0.3, -0.25) is 9.88 Å². The molecular weight excluding hydrogens is 280 g/mol. The molecule has 2 aromatic rings. The first-order valence-corrected chi connectivity index (χ1v) is 7.08. The van der Waals surface area contributed by atoms with E-state index < -0.39 is 0 Å². The van der Waals surface area contributed by atoms with E-state index in [9.17, 15) is 5.11 Å². The predicted molar refractivity (Wildman–Crippen MR) is 85.4 cm³/mol. The molecule has 0 atom stereocenters. The largest absolute Gasteiger partial charge is 0.506 e. The number of rotatable bonds is 6. The molecule has 1 aromatic carbocycles. The van der Waals surface area contributed by atoms with E-state index in [0.717, 1.165) is 22.8 Å². The summed E-state index contributed by atoms with van der Waals surface area (Å²) in [5, 5.41) is 9.90. The lowest BCUT2D eigenvalue weighted by Crippen LogP contribution is -2.18. The molecule has 118 valence electrons. The van der Waals surface area contributed by atoms with Crippen molar-refractivity contribution in [2.45, 2.75) is 20.0 Å². The van der Waals surface area contributed by atoms with Gasteiger partial charge in [-0.2, -0.15) is 0 Å². The average Bonchev–Trinajstić information content (AvgIpc) is 2.50. The van der Waals surface area contributed by atoms with Gasteiger partial charge in [0.1, 0.15) is 17.2 Å². The maximum Gasteiger partial charge on any atom is 0.138 e. The Kier molecular flexibility index (Phi) is 5.22. The van der Waals surface area contributed by atoms with Crippen molar-refractivity contribution in [3.8, 4) is 17.2 Å². The van der Waals surface area contributed by atoms with E-state index in [2.05, 4.69) is 9.88 Å². The maximum atomic E-state index is 9.90. The van der Waals surface area contributed by atoms with Crippen molar-refractivity contribution in [2.24, 2.45) is 0 Å². The first kappa shape index (κ1) is 16.1. The smallest absolute Gasteiger partial charge is 0.138 e. The van der Waals surface area contributed by atoms with Crippen LogP contribution in [0, 0.1) is 6.92 Å². The van der Waals surface area contributed by atoms with E-state index in [4.69, 9.17) is 9.47 Å². The molecule has 0 saturated carbocycles. The first-order chi connectivity index (χ1) is 10.5. The quantitative estimate of drug-likeness (QED) is 0.889. The zero-order valence-electron chi connectivity index (χ0n) is 13.5.